The Morgan fingerprint density at radius 1 is 1.33 bits per heavy atom. The Kier molecular flexibility index (Phi) is 3.97. The van der Waals surface area contributed by atoms with Crippen LogP contribution in [-0.4, -0.2) is 35.9 Å². The highest BCUT2D eigenvalue weighted by molar-refractivity contribution is 6.04. The third-order valence-electron chi connectivity index (χ3n) is 4.76. The zero-order valence-electron chi connectivity index (χ0n) is 14.3. The fraction of sp³-hybridized carbons (Fsp3) is 0.316. The van der Waals surface area contributed by atoms with E-state index < -0.39 is 11.6 Å². The molecule has 1 unspecified atom stereocenters. The molecule has 1 aromatic carbocycles. The predicted molar refractivity (Wildman–Crippen MR) is 93.1 cm³/mol. The highest BCUT2D eigenvalue weighted by Gasteiger charge is 2.32. The lowest BCUT2D eigenvalue weighted by Gasteiger charge is -2.32. The highest BCUT2D eigenvalue weighted by Crippen LogP contribution is 2.37. The van der Waals surface area contributed by atoms with Crippen LogP contribution in [0.15, 0.2) is 36.2 Å². The maximum atomic E-state index is 11.4. The summed E-state index contributed by atoms with van der Waals surface area (Å²) in [4.78, 5) is 14.4. The highest BCUT2D eigenvalue weighted by atomic mass is 16.5. The summed E-state index contributed by atoms with van der Waals surface area (Å²) >= 11 is 0. The van der Waals surface area contributed by atoms with Gasteiger partial charge >= 0.3 is 5.97 Å². The van der Waals surface area contributed by atoms with E-state index in [2.05, 4.69) is 11.1 Å². The van der Waals surface area contributed by atoms with Crippen LogP contribution in [0.25, 0.3) is 16.5 Å². The Balaban J connectivity index is 2.13. The first-order valence-electron chi connectivity index (χ1n) is 7.76. The number of hydrogen-bond donors (Lipinski definition) is 2. The largest absolute Gasteiger partial charge is 0.498 e. The number of hydrogen-bond acceptors (Lipinski definition) is 3. The molecular formula is C19H21NO4. The summed E-state index contributed by atoms with van der Waals surface area (Å²) in [5.74, 6) is -0.178. The molecule has 5 heteroatoms. The number of aromatic nitrogens is 1. The van der Waals surface area contributed by atoms with Gasteiger partial charge in [-0.05, 0) is 48.8 Å². The first-order valence-corrected chi connectivity index (χ1v) is 7.76. The Morgan fingerprint density at radius 3 is 2.71 bits per heavy atom. The summed E-state index contributed by atoms with van der Waals surface area (Å²) in [6.45, 7) is 4.00. The number of carboxylic acids is 1. The first-order chi connectivity index (χ1) is 11.4. The molecule has 1 atom stereocenters. The summed E-state index contributed by atoms with van der Waals surface area (Å²) in [7, 11) is 3.30. The Labute approximate surface area is 140 Å². The first kappa shape index (κ1) is 16.3. The number of ether oxygens (including phenoxy) is 2. The van der Waals surface area contributed by atoms with Crippen molar-refractivity contribution in [2.24, 2.45) is 0 Å². The Morgan fingerprint density at radius 2 is 2.08 bits per heavy atom. The summed E-state index contributed by atoms with van der Waals surface area (Å²) in [5.41, 5.74) is 3.70. The van der Waals surface area contributed by atoms with Crippen LogP contribution >= 0.6 is 0 Å². The van der Waals surface area contributed by atoms with Crippen LogP contribution in [-0.2, 0) is 9.47 Å². The number of H-pyrrole nitrogens is 1. The average Bonchev–Trinajstić information content (AvgIpc) is 2.97. The summed E-state index contributed by atoms with van der Waals surface area (Å²) in [5, 5.41) is 10.0. The van der Waals surface area contributed by atoms with E-state index >= 15 is 0 Å². The molecule has 2 aromatic rings. The van der Waals surface area contributed by atoms with Crippen molar-refractivity contribution in [2.75, 3.05) is 14.2 Å². The number of fused-ring (bicyclic) bond motifs is 1. The second kappa shape index (κ2) is 5.83. The SMILES string of the molecule is COC1=CC(c2cc3c(C(=O)O)c[nH]c3cc2C)=CCC1(C)OC. The lowest BCUT2D eigenvalue weighted by molar-refractivity contribution is -0.00340. The van der Waals surface area contributed by atoms with Crippen molar-refractivity contribution in [2.45, 2.75) is 25.9 Å². The van der Waals surface area contributed by atoms with Crippen molar-refractivity contribution in [3.8, 4) is 0 Å². The van der Waals surface area contributed by atoms with Crippen molar-refractivity contribution in [3.63, 3.8) is 0 Å². The van der Waals surface area contributed by atoms with E-state index in [1.165, 1.54) is 6.20 Å². The van der Waals surface area contributed by atoms with Gasteiger partial charge in [-0.25, -0.2) is 4.79 Å². The molecule has 0 bridgehead atoms. The number of aromatic amines is 1. The maximum absolute atomic E-state index is 11.4. The van der Waals surface area contributed by atoms with Gasteiger partial charge in [0.2, 0.25) is 0 Å². The number of nitrogens with one attached hydrogen (secondary N) is 1. The van der Waals surface area contributed by atoms with E-state index in [1.54, 1.807) is 14.2 Å². The monoisotopic (exact) mass is 327 g/mol. The van der Waals surface area contributed by atoms with Crippen LogP contribution in [0.3, 0.4) is 0 Å². The number of carboxylic acid groups (broad SMARTS) is 1. The Bertz CT molecular complexity index is 875. The number of rotatable bonds is 4. The van der Waals surface area contributed by atoms with E-state index in [9.17, 15) is 9.90 Å². The molecule has 0 spiro atoms. The van der Waals surface area contributed by atoms with Gasteiger partial charge in [-0.15, -0.1) is 0 Å². The molecule has 1 aromatic heterocycles. The van der Waals surface area contributed by atoms with E-state index in [-0.39, 0.29) is 5.56 Å². The zero-order valence-corrected chi connectivity index (χ0v) is 14.3. The third kappa shape index (κ3) is 2.51. The van der Waals surface area contributed by atoms with E-state index in [0.29, 0.717) is 11.8 Å². The number of methoxy groups -OCH3 is 2. The average molecular weight is 327 g/mol. The minimum atomic E-state index is -0.936. The fourth-order valence-corrected chi connectivity index (χ4v) is 3.17. The summed E-state index contributed by atoms with van der Waals surface area (Å²) in [6.07, 6.45) is 6.29. The molecule has 0 amide bonds. The molecule has 1 heterocycles. The smallest absolute Gasteiger partial charge is 0.337 e. The topological polar surface area (TPSA) is 71.5 Å². The van der Waals surface area contributed by atoms with Crippen molar-refractivity contribution >= 4 is 22.4 Å². The minimum absolute atomic E-state index is 0.278. The van der Waals surface area contributed by atoms with Crippen molar-refractivity contribution in [1.29, 1.82) is 0 Å². The molecule has 2 N–H and O–H groups in total. The zero-order chi connectivity index (χ0) is 17.5. The van der Waals surface area contributed by atoms with E-state index in [1.807, 2.05) is 32.1 Å². The van der Waals surface area contributed by atoms with Gasteiger partial charge in [0.15, 0.2) is 0 Å². The molecule has 126 valence electrons. The van der Waals surface area contributed by atoms with Gasteiger partial charge < -0.3 is 19.6 Å². The standard InChI is InChI=1S/C19H21NO4/c1-11-7-16-14(15(10-20-16)18(21)22)9-13(11)12-5-6-19(2,24-4)17(8-12)23-3/h5,7-10,20H,6H2,1-4H3,(H,21,22). The van der Waals surface area contributed by atoms with E-state index in [0.717, 1.165) is 28.0 Å². The van der Waals surface area contributed by atoms with E-state index in [4.69, 9.17) is 9.47 Å². The van der Waals surface area contributed by atoms with Crippen molar-refractivity contribution in [3.05, 3.63) is 52.9 Å². The summed E-state index contributed by atoms with van der Waals surface area (Å²) < 4.78 is 11.1. The second-order valence-electron chi connectivity index (χ2n) is 6.23. The number of aryl methyl sites for hydroxylation is 1. The van der Waals surface area contributed by atoms with Gasteiger partial charge in [-0.1, -0.05) is 6.08 Å². The lowest BCUT2D eigenvalue weighted by Crippen LogP contribution is -2.32. The van der Waals surface area contributed by atoms with Gasteiger partial charge in [0, 0.05) is 30.6 Å². The minimum Gasteiger partial charge on any atom is -0.498 e. The molecule has 0 saturated heterocycles. The van der Waals surface area contributed by atoms with Gasteiger partial charge in [0.25, 0.3) is 0 Å². The number of aromatic carboxylic acids is 1. The predicted octanol–water partition coefficient (Wildman–Crippen LogP) is 3.90. The molecular weight excluding hydrogens is 306 g/mol. The molecule has 1 aliphatic carbocycles. The molecule has 0 aliphatic heterocycles. The number of allylic oxidation sites excluding steroid dienone is 2. The summed E-state index contributed by atoms with van der Waals surface area (Å²) in [6, 6.07) is 3.90. The second-order valence-corrected chi connectivity index (χ2v) is 6.23. The Hall–Kier alpha value is -2.53. The van der Waals surface area contributed by atoms with Crippen LogP contribution in [0, 0.1) is 6.92 Å². The van der Waals surface area contributed by atoms with Gasteiger partial charge in [-0.3, -0.25) is 0 Å². The van der Waals surface area contributed by atoms with Crippen molar-refractivity contribution in [1.82, 2.24) is 4.98 Å². The number of benzene rings is 1. The van der Waals surface area contributed by atoms with Gasteiger partial charge in [0.05, 0.1) is 12.7 Å². The molecule has 0 fully saturated rings. The molecule has 0 saturated carbocycles. The molecule has 1 aliphatic rings. The number of carbonyl (C=O) groups is 1. The maximum Gasteiger partial charge on any atom is 0.337 e. The van der Waals surface area contributed by atoms with Crippen LogP contribution < -0.4 is 0 Å². The van der Waals surface area contributed by atoms with Crippen molar-refractivity contribution < 1.29 is 19.4 Å². The van der Waals surface area contributed by atoms with Gasteiger partial charge in [-0.2, -0.15) is 0 Å². The molecule has 3 rings (SSSR count). The van der Waals surface area contributed by atoms with Crippen LogP contribution in [0.4, 0.5) is 0 Å². The normalized spacial score (nSPS) is 20.7. The quantitative estimate of drug-likeness (QED) is 0.893. The lowest BCUT2D eigenvalue weighted by atomic mass is 9.87. The molecule has 0 radical (unpaired) electrons. The van der Waals surface area contributed by atoms with Crippen LogP contribution in [0.5, 0.6) is 0 Å². The third-order valence-corrected chi connectivity index (χ3v) is 4.76. The van der Waals surface area contributed by atoms with Crippen LogP contribution in [0.2, 0.25) is 0 Å². The van der Waals surface area contributed by atoms with Crippen LogP contribution in [0.1, 0.15) is 34.8 Å². The fourth-order valence-electron chi connectivity index (χ4n) is 3.17. The molecule has 24 heavy (non-hydrogen) atoms. The molecule has 5 nitrogen and oxygen atoms in total. The van der Waals surface area contributed by atoms with Gasteiger partial charge in [0.1, 0.15) is 11.4 Å².